The molecule has 3 atom stereocenters. The average Bonchev–Trinajstić information content (AvgIpc) is 3.35. The Hall–Kier alpha value is -5.92. The zero-order chi connectivity index (χ0) is 37.8. The Bertz CT molecular complexity index is 1800. The van der Waals surface area contributed by atoms with Crippen LogP contribution in [0.5, 0.6) is 0 Å². The first-order valence-corrected chi connectivity index (χ1v) is 16.1. The van der Waals surface area contributed by atoms with Crippen LogP contribution in [0.1, 0.15) is 86.6 Å². The highest BCUT2D eigenvalue weighted by molar-refractivity contribution is 6.06. The van der Waals surface area contributed by atoms with Gasteiger partial charge in [-0.25, -0.2) is 19.2 Å². The number of rotatable bonds is 9. The van der Waals surface area contributed by atoms with Gasteiger partial charge in [0.25, 0.3) is 11.8 Å². The predicted molar refractivity (Wildman–Crippen MR) is 187 cm³/mol. The summed E-state index contributed by atoms with van der Waals surface area (Å²) in [6, 6.07) is 19.2. The molecule has 1 aliphatic rings. The van der Waals surface area contributed by atoms with Crippen LogP contribution in [-0.2, 0) is 19.1 Å². The van der Waals surface area contributed by atoms with Crippen molar-refractivity contribution in [1.82, 2.24) is 10.6 Å². The number of carboxylic acids is 2. The van der Waals surface area contributed by atoms with Crippen LogP contribution in [0.25, 0.3) is 0 Å². The van der Waals surface area contributed by atoms with E-state index in [1.54, 1.807) is 71.9 Å². The van der Waals surface area contributed by atoms with Crippen molar-refractivity contribution >= 4 is 47.3 Å². The van der Waals surface area contributed by atoms with Crippen LogP contribution in [-0.4, -0.2) is 68.4 Å². The molecule has 0 spiro atoms. The molecule has 4 amide bonds. The molecule has 0 saturated heterocycles. The highest BCUT2D eigenvalue weighted by Gasteiger charge is 2.71. The van der Waals surface area contributed by atoms with E-state index in [-0.39, 0.29) is 29.7 Å². The molecule has 270 valence electrons. The van der Waals surface area contributed by atoms with Crippen molar-refractivity contribution in [2.75, 3.05) is 10.6 Å². The number of carbonyl (C=O) groups excluding carboxylic acids is 4. The van der Waals surface area contributed by atoms with Gasteiger partial charge in [0, 0.05) is 28.4 Å². The van der Waals surface area contributed by atoms with Crippen molar-refractivity contribution in [2.24, 2.45) is 0 Å². The van der Waals surface area contributed by atoms with Gasteiger partial charge in [0.2, 0.25) is 0 Å². The standard InChI is InChI=1S/C37H42N4O10/c1-34(2,3)50-32(48)38-25-16-12-23(13-17-25)28(42)40-36(30(44)45)21-20-27(22-10-8-7-9-11-22)37(36,31(46)47)41-29(43)24-14-18-26(19-15-24)39-33(49)51-35(4,5)6/h7-19,27H,20-21H2,1-6H3,(H,38,48)(H,39,49)(H,40,42)(H,41,43)(H,44,45)(H,46,47). The van der Waals surface area contributed by atoms with Gasteiger partial charge in [-0.1, -0.05) is 30.3 Å². The molecule has 1 saturated carbocycles. The van der Waals surface area contributed by atoms with Crippen molar-refractivity contribution in [2.45, 2.75) is 82.6 Å². The summed E-state index contributed by atoms with van der Waals surface area (Å²) in [5.74, 6) is -6.29. The van der Waals surface area contributed by atoms with Crippen LogP contribution in [0.3, 0.4) is 0 Å². The molecule has 14 nitrogen and oxygen atoms in total. The first kappa shape index (κ1) is 37.9. The Labute approximate surface area is 294 Å². The third-order valence-electron chi connectivity index (χ3n) is 8.13. The molecule has 51 heavy (non-hydrogen) atoms. The van der Waals surface area contributed by atoms with Gasteiger partial charge in [0.05, 0.1) is 0 Å². The van der Waals surface area contributed by atoms with Gasteiger partial charge in [0.1, 0.15) is 11.2 Å². The van der Waals surface area contributed by atoms with Crippen LogP contribution in [0.2, 0.25) is 0 Å². The molecule has 1 aliphatic carbocycles. The largest absolute Gasteiger partial charge is 0.479 e. The van der Waals surface area contributed by atoms with Gasteiger partial charge >= 0.3 is 24.1 Å². The van der Waals surface area contributed by atoms with Crippen molar-refractivity contribution in [3.63, 3.8) is 0 Å². The lowest BCUT2D eigenvalue weighted by Crippen LogP contribution is -2.76. The zero-order valence-electron chi connectivity index (χ0n) is 29.2. The summed E-state index contributed by atoms with van der Waals surface area (Å²) in [4.78, 5) is 78.8. The van der Waals surface area contributed by atoms with Gasteiger partial charge in [0.15, 0.2) is 11.1 Å². The van der Waals surface area contributed by atoms with Crippen LogP contribution in [0.4, 0.5) is 21.0 Å². The Morgan fingerprint density at radius 1 is 0.627 bits per heavy atom. The molecule has 0 bridgehead atoms. The van der Waals surface area contributed by atoms with E-state index < -0.39 is 64.1 Å². The third-order valence-corrected chi connectivity index (χ3v) is 8.13. The summed E-state index contributed by atoms with van der Waals surface area (Å²) in [6.45, 7) is 10.2. The summed E-state index contributed by atoms with van der Waals surface area (Å²) in [6.07, 6.45) is -1.83. The SMILES string of the molecule is CC(C)(C)OC(=O)Nc1ccc(C(=O)NC2(C(=O)O)CCC(c3ccccc3)C2(NC(=O)c2ccc(NC(=O)OC(C)(C)C)cc2)C(=O)O)cc1. The van der Waals surface area contributed by atoms with E-state index >= 15 is 0 Å². The molecule has 14 heteroatoms. The number of hydrogen-bond donors (Lipinski definition) is 6. The molecular weight excluding hydrogens is 660 g/mol. The maximum absolute atomic E-state index is 13.8. The van der Waals surface area contributed by atoms with E-state index in [1.165, 1.54) is 48.5 Å². The maximum Gasteiger partial charge on any atom is 0.412 e. The smallest absolute Gasteiger partial charge is 0.412 e. The number of amides is 4. The number of carboxylic acid groups (broad SMARTS) is 2. The average molecular weight is 703 g/mol. The fourth-order valence-electron chi connectivity index (χ4n) is 6.01. The van der Waals surface area contributed by atoms with Gasteiger partial charge in [-0.15, -0.1) is 0 Å². The lowest BCUT2D eigenvalue weighted by molar-refractivity contribution is -0.159. The monoisotopic (exact) mass is 702 g/mol. The van der Waals surface area contributed by atoms with Gasteiger partial charge in [-0.2, -0.15) is 0 Å². The molecule has 6 N–H and O–H groups in total. The highest BCUT2D eigenvalue weighted by Crippen LogP contribution is 2.50. The van der Waals surface area contributed by atoms with E-state index in [1.807, 2.05) is 0 Å². The number of nitrogens with one attached hydrogen (secondary N) is 4. The Balaban J connectivity index is 1.68. The van der Waals surface area contributed by atoms with E-state index in [0.29, 0.717) is 11.3 Å². The molecular formula is C37H42N4O10. The first-order chi connectivity index (χ1) is 23.8. The minimum absolute atomic E-state index is 0.0271. The molecule has 4 rings (SSSR count). The second-order valence-corrected chi connectivity index (χ2v) is 14.1. The Morgan fingerprint density at radius 2 is 1.06 bits per heavy atom. The van der Waals surface area contributed by atoms with Crippen LogP contribution < -0.4 is 21.3 Å². The number of carbonyl (C=O) groups is 6. The molecule has 3 aromatic carbocycles. The predicted octanol–water partition coefficient (Wildman–Crippen LogP) is 5.76. The quantitative estimate of drug-likeness (QED) is 0.159. The lowest BCUT2D eigenvalue weighted by Gasteiger charge is -2.43. The van der Waals surface area contributed by atoms with Crippen LogP contribution >= 0.6 is 0 Å². The van der Waals surface area contributed by atoms with E-state index in [9.17, 15) is 39.0 Å². The fraction of sp³-hybridized carbons (Fsp3) is 0.351. The molecule has 0 heterocycles. The number of benzene rings is 3. The third kappa shape index (κ3) is 8.63. The topological polar surface area (TPSA) is 209 Å². The van der Waals surface area contributed by atoms with Gasteiger partial charge < -0.3 is 30.3 Å². The Morgan fingerprint density at radius 3 is 1.45 bits per heavy atom. The van der Waals surface area contributed by atoms with Gasteiger partial charge in [-0.3, -0.25) is 20.2 Å². The molecule has 0 radical (unpaired) electrons. The normalized spacial score (nSPS) is 20.0. The van der Waals surface area contributed by atoms with Crippen molar-refractivity contribution in [3.05, 3.63) is 95.6 Å². The molecule has 0 aromatic heterocycles. The second kappa shape index (κ2) is 14.5. The lowest BCUT2D eigenvalue weighted by atomic mass is 9.71. The number of aliphatic carboxylic acids is 2. The number of ether oxygens (including phenoxy) is 2. The zero-order valence-corrected chi connectivity index (χ0v) is 29.2. The van der Waals surface area contributed by atoms with Crippen molar-refractivity contribution < 1.29 is 48.5 Å². The summed E-state index contributed by atoms with van der Waals surface area (Å²) < 4.78 is 10.5. The summed E-state index contributed by atoms with van der Waals surface area (Å²) in [7, 11) is 0. The molecule has 3 unspecified atom stereocenters. The fourth-order valence-corrected chi connectivity index (χ4v) is 6.01. The maximum atomic E-state index is 13.8. The minimum atomic E-state index is -2.58. The van der Waals surface area contributed by atoms with Crippen molar-refractivity contribution in [3.8, 4) is 0 Å². The highest BCUT2D eigenvalue weighted by atomic mass is 16.6. The van der Waals surface area contributed by atoms with Crippen molar-refractivity contribution in [1.29, 1.82) is 0 Å². The van der Waals surface area contributed by atoms with E-state index in [2.05, 4.69) is 21.3 Å². The molecule has 3 aromatic rings. The second-order valence-electron chi connectivity index (χ2n) is 14.1. The molecule has 1 fully saturated rings. The summed E-state index contributed by atoms with van der Waals surface area (Å²) in [5, 5.41) is 31.8. The first-order valence-electron chi connectivity index (χ1n) is 16.1. The number of hydrogen-bond acceptors (Lipinski definition) is 8. The molecule has 0 aliphatic heterocycles. The summed E-state index contributed by atoms with van der Waals surface area (Å²) >= 11 is 0. The minimum Gasteiger partial charge on any atom is -0.479 e. The number of anilines is 2. The Kier molecular flexibility index (Phi) is 10.8. The van der Waals surface area contributed by atoms with E-state index in [4.69, 9.17) is 9.47 Å². The van der Waals surface area contributed by atoms with Gasteiger partial charge in [-0.05, 0) is 108 Å². The van der Waals surface area contributed by atoms with E-state index in [0.717, 1.165) is 0 Å². The van der Waals surface area contributed by atoms with Crippen LogP contribution in [0.15, 0.2) is 78.9 Å². The van der Waals surface area contributed by atoms with Crippen LogP contribution in [0, 0.1) is 0 Å². The summed E-state index contributed by atoms with van der Waals surface area (Å²) in [5.41, 5.74) is -5.67.